The molecule has 0 saturated carbocycles. The molecule has 122 valence electrons. The van der Waals surface area contributed by atoms with E-state index in [4.69, 9.17) is 16.3 Å². The van der Waals surface area contributed by atoms with Crippen LogP contribution < -0.4 is 10.1 Å². The van der Waals surface area contributed by atoms with Gasteiger partial charge in [0, 0.05) is 18.1 Å². The molecule has 0 fully saturated rings. The van der Waals surface area contributed by atoms with Crippen LogP contribution >= 0.6 is 11.6 Å². The molecule has 0 aliphatic carbocycles. The van der Waals surface area contributed by atoms with Gasteiger partial charge in [-0.1, -0.05) is 35.9 Å². The second-order valence-corrected chi connectivity index (χ2v) is 5.87. The van der Waals surface area contributed by atoms with Crippen molar-refractivity contribution in [3.05, 3.63) is 64.7 Å². The van der Waals surface area contributed by atoms with Crippen LogP contribution in [0.1, 0.15) is 11.1 Å². The average Bonchev–Trinajstić information content (AvgIpc) is 2.53. The van der Waals surface area contributed by atoms with E-state index in [1.54, 1.807) is 7.11 Å². The second-order valence-electron chi connectivity index (χ2n) is 5.43. The van der Waals surface area contributed by atoms with Crippen LogP contribution in [0, 0.1) is 0 Å². The minimum Gasteiger partial charge on any atom is -0.497 e. The Hall–Kier alpha value is -2.04. The first-order valence-corrected chi connectivity index (χ1v) is 7.77. The zero-order valence-electron chi connectivity index (χ0n) is 13.4. The molecule has 0 heterocycles. The Balaban J connectivity index is 1.80. The fraction of sp³-hybridized carbons (Fsp3) is 0.278. The molecule has 0 radical (unpaired) electrons. The lowest BCUT2D eigenvalue weighted by Gasteiger charge is -2.17. The van der Waals surface area contributed by atoms with E-state index >= 15 is 0 Å². The summed E-state index contributed by atoms with van der Waals surface area (Å²) in [6.45, 7) is 1.49. The largest absolute Gasteiger partial charge is 0.497 e. The second kappa shape index (κ2) is 8.56. The molecule has 1 N–H and O–H groups in total. The van der Waals surface area contributed by atoms with E-state index in [0.29, 0.717) is 24.7 Å². The topological polar surface area (TPSA) is 41.6 Å². The van der Waals surface area contributed by atoms with Crippen molar-refractivity contribution in [2.45, 2.75) is 13.1 Å². The smallest absolute Gasteiger partial charge is 0.234 e. The molecule has 2 aromatic carbocycles. The van der Waals surface area contributed by atoms with Gasteiger partial charge in [-0.15, -0.1) is 0 Å². The average molecular weight is 333 g/mol. The van der Waals surface area contributed by atoms with E-state index in [-0.39, 0.29) is 5.91 Å². The fourth-order valence-electron chi connectivity index (χ4n) is 2.29. The Morgan fingerprint density at radius 1 is 1.17 bits per heavy atom. The lowest BCUT2D eigenvalue weighted by Crippen LogP contribution is -2.34. The highest BCUT2D eigenvalue weighted by atomic mass is 35.5. The van der Waals surface area contributed by atoms with Crippen molar-refractivity contribution < 1.29 is 9.53 Å². The van der Waals surface area contributed by atoms with Crippen LogP contribution in [-0.4, -0.2) is 31.5 Å². The van der Waals surface area contributed by atoms with Crippen molar-refractivity contribution in [3.8, 4) is 5.75 Å². The van der Waals surface area contributed by atoms with Crippen molar-refractivity contribution >= 4 is 17.5 Å². The Morgan fingerprint density at radius 3 is 2.65 bits per heavy atom. The summed E-state index contributed by atoms with van der Waals surface area (Å²) in [7, 11) is 3.56. The third-order valence-corrected chi connectivity index (χ3v) is 3.61. The molecule has 1 amide bonds. The molecule has 0 unspecified atom stereocenters. The number of halogens is 1. The van der Waals surface area contributed by atoms with E-state index in [0.717, 1.165) is 16.9 Å². The van der Waals surface area contributed by atoms with Crippen LogP contribution in [0.4, 0.5) is 0 Å². The summed E-state index contributed by atoms with van der Waals surface area (Å²) >= 11 is 5.93. The summed E-state index contributed by atoms with van der Waals surface area (Å²) in [5.74, 6) is 0.802. The maximum atomic E-state index is 12.0. The maximum Gasteiger partial charge on any atom is 0.234 e. The highest BCUT2D eigenvalue weighted by molar-refractivity contribution is 6.30. The van der Waals surface area contributed by atoms with E-state index in [1.807, 2.05) is 60.5 Å². The third-order valence-electron chi connectivity index (χ3n) is 3.38. The van der Waals surface area contributed by atoms with Gasteiger partial charge in [0.1, 0.15) is 5.75 Å². The van der Waals surface area contributed by atoms with E-state index < -0.39 is 0 Å². The van der Waals surface area contributed by atoms with E-state index in [9.17, 15) is 4.79 Å². The van der Waals surface area contributed by atoms with Gasteiger partial charge in [0.25, 0.3) is 0 Å². The summed E-state index contributed by atoms with van der Waals surface area (Å²) in [5, 5.41) is 3.57. The maximum absolute atomic E-state index is 12.0. The van der Waals surface area contributed by atoms with Crippen LogP contribution in [0.5, 0.6) is 5.75 Å². The molecule has 0 bridgehead atoms. The van der Waals surface area contributed by atoms with E-state index in [2.05, 4.69) is 5.32 Å². The molecule has 0 atom stereocenters. The minimum atomic E-state index is -0.0182. The molecule has 2 rings (SSSR count). The van der Waals surface area contributed by atoms with Crippen molar-refractivity contribution in [2.24, 2.45) is 0 Å². The fourth-order valence-corrected chi connectivity index (χ4v) is 2.50. The first-order chi connectivity index (χ1) is 11.1. The van der Waals surface area contributed by atoms with Gasteiger partial charge < -0.3 is 10.1 Å². The first kappa shape index (κ1) is 17.3. The lowest BCUT2D eigenvalue weighted by molar-refractivity contribution is -0.122. The van der Waals surface area contributed by atoms with Crippen LogP contribution in [0.25, 0.3) is 0 Å². The number of likely N-dealkylation sites (N-methyl/N-ethyl adjacent to an activating group) is 1. The van der Waals surface area contributed by atoms with Crippen molar-refractivity contribution in [1.29, 1.82) is 0 Å². The van der Waals surface area contributed by atoms with Crippen LogP contribution in [0.3, 0.4) is 0 Å². The highest BCUT2D eigenvalue weighted by Crippen LogP contribution is 2.14. The lowest BCUT2D eigenvalue weighted by atomic mass is 10.2. The molecule has 0 aliphatic rings. The van der Waals surface area contributed by atoms with Crippen molar-refractivity contribution in [3.63, 3.8) is 0 Å². The van der Waals surface area contributed by atoms with Crippen LogP contribution in [0.2, 0.25) is 5.02 Å². The summed E-state index contributed by atoms with van der Waals surface area (Å²) in [4.78, 5) is 14.0. The number of carbonyl (C=O) groups excluding carboxylic acids is 1. The molecule has 0 aromatic heterocycles. The van der Waals surface area contributed by atoms with Crippen molar-refractivity contribution in [1.82, 2.24) is 10.2 Å². The van der Waals surface area contributed by atoms with Crippen LogP contribution in [0.15, 0.2) is 48.5 Å². The van der Waals surface area contributed by atoms with Gasteiger partial charge in [-0.2, -0.15) is 0 Å². The van der Waals surface area contributed by atoms with Gasteiger partial charge >= 0.3 is 0 Å². The summed E-state index contributed by atoms with van der Waals surface area (Å²) in [6.07, 6.45) is 0. The standard InChI is InChI=1S/C18H21ClN2O2/c1-21(12-15-6-4-8-17(10-15)23-2)13-18(22)20-11-14-5-3-7-16(19)9-14/h3-10H,11-13H2,1-2H3,(H,20,22). The van der Waals surface area contributed by atoms with Gasteiger partial charge in [0.15, 0.2) is 0 Å². The van der Waals surface area contributed by atoms with Gasteiger partial charge in [0.2, 0.25) is 5.91 Å². The highest BCUT2D eigenvalue weighted by Gasteiger charge is 2.07. The van der Waals surface area contributed by atoms with Crippen molar-refractivity contribution in [2.75, 3.05) is 20.7 Å². The number of methoxy groups -OCH3 is 1. The Kier molecular flexibility index (Phi) is 6.44. The summed E-state index contributed by atoms with van der Waals surface area (Å²) in [6, 6.07) is 15.3. The number of hydrogen-bond donors (Lipinski definition) is 1. The van der Waals surface area contributed by atoms with Crippen LogP contribution in [-0.2, 0) is 17.9 Å². The Morgan fingerprint density at radius 2 is 1.91 bits per heavy atom. The molecule has 0 spiro atoms. The zero-order valence-corrected chi connectivity index (χ0v) is 14.1. The summed E-state index contributed by atoms with van der Waals surface area (Å²) in [5.41, 5.74) is 2.09. The molecule has 0 aliphatic heterocycles. The molecule has 2 aromatic rings. The predicted octanol–water partition coefficient (Wildman–Crippen LogP) is 3.10. The molecular formula is C18H21ClN2O2. The first-order valence-electron chi connectivity index (χ1n) is 7.39. The Labute approximate surface area is 142 Å². The molecule has 5 heteroatoms. The summed E-state index contributed by atoms with van der Waals surface area (Å²) < 4.78 is 5.21. The van der Waals surface area contributed by atoms with Gasteiger partial charge in [0.05, 0.1) is 13.7 Å². The molecular weight excluding hydrogens is 312 g/mol. The van der Waals surface area contributed by atoms with Gasteiger partial charge in [-0.05, 0) is 42.4 Å². The normalized spacial score (nSPS) is 10.6. The number of ether oxygens (including phenoxy) is 1. The number of carbonyl (C=O) groups is 1. The van der Waals surface area contributed by atoms with E-state index in [1.165, 1.54) is 0 Å². The quantitative estimate of drug-likeness (QED) is 0.847. The molecule has 23 heavy (non-hydrogen) atoms. The number of amides is 1. The number of hydrogen-bond acceptors (Lipinski definition) is 3. The Bertz CT molecular complexity index is 661. The third kappa shape index (κ3) is 5.93. The zero-order chi connectivity index (χ0) is 16.7. The SMILES string of the molecule is COc1cccc(CN(C)CC(=O)NCc2cccc(Cl)c2)c1. The number of benzene rings is 2. The number of nitrogens with zero attached hydrogens (tertiary/aromatic N) is 1. The molecule has 0 saturated heterocycles. The molecule has 4 nitrogen and oxygen atoms in total. The minimum absolute atomic E-state index is 0.0182. The predicted molar refractivity (Wildman–Crippen MR) is 92.6 cm³/mol. The number of rotatable bonds is 7. The van der Waals surface area contributed by atoms with Gasteiger partial charge in [-0.3, -0.25) is 9.69 Å². The van der Waals surface area contributed by atoms with Gasteiger partial charge in [-0.25, -0.2) is 0 Å². The monoisotopic (exact) mass is 332 g/mol. The number of nitrogens with one attached hydrogen (secondary N) is 1.